The normalized spacial score (nSPS) is 21.3. The number of hydrogen-bond acceptors (Lipinski definition) is 5. The topological polar surface area (TPSA) is 82.1 Å². The first-order chi connectivity index (χ1) is 13.0. The van der Waals surface area contributed by atoms with Gasteiger partial charge in [-0.1, -0.05) is 0 Å². The predicted octanol–water partition coefficient (Wildman–Crippen LogP) is 1.25. The van der Waals surface area contributed by atoms with Crippen molar-refractivity contribution < 1.29 is 23.8 Å². The summed E-state index contributed by atoms with van der Waals surface area (Å²) in [6.07, 6.45) is 2.13. The molecular formula is C19H26FN3O4. The Morgan fingerprint density at radius 3 is 2.70 bits per heavy atom. The monoisotopic (exact) mass is 379 g/mol. The van der Waals surface area contributed by atoms with Crippen LogP contribution >= 0.6 is 0 Å². The molecule has 148 valence electrons. The maximum absolute atomic E-state index is 13.7. The van der Waals surface area contributed by atoms with Crippen LogP contribution in [0.1, 0.15) is 30.9 Å². The van der Waals surface area contributed by atoms with Crippen LogP contribution in [-0.4, -0.2) is 72.7 Å². The summed E-state index contributed by atoms with van der Waals surface area (Å²) >= 11 is 0. The fourth-order valence-electron chi connectivity index (χ4n) is 4.06. The van der Waals surface area contributed by atoms with E-state index in [1.807, 2.05) is 4.90 Å². The molecule has 7 nitrogen and oxygen atoms in total. The highest BCUT2D eigenvalue weighted by Gasteiger charge is 2.34. The van der Waals surface area contributed by atoms with Gasteiger partial charge < -0.3 is 15.2 Å². The van der Waals surface area contributed by atoms with Crippen molar-refractivity contribution in [3.8, 4) is 5.75 Å². The second-order valence-electron chi connectivity index (χ2n) is 7.03. The highest BCUT2D eigenvalue weighted by atomic mass is 19.1. The third kappa shape index (κ3) is 4.56. The summed E-state index contributed by atoms with van der Waals surface area (Å²) in [5.41, 5.74) is 0.341. The van der Waals surface area contributed by atoms with Crippen LogP contribution in [0.3, 0.4) is 0 Å². The van der Waals surface area contributed by atoms with Crippen LogP contribution < -0.4 is 10.1 Å². The first-order valence-corrected chi connectivity index (χ1v) is 9.30. The Kier molecular flexibility index (Phi) is 6.28. The number of carbonyl (C=O) groups is 2. The van der Waals surface area contributed by atoms with Crippen LogP contribution in [0.5, 0.6) is 5.75 Å². The van der Waals surface area contributed by atoms with Gasteiger partial charge >= 0.3 is 5.97 Å². The molecule has 0 spiro atoms. The molecule has 1 aromatic rings. The SMILES string of the molecule is COc1ccc(F)cc1C(C(=O)O)N1CCC(N2CCNC(=O)CC2)CC1. The third-order valence-corrected chi connectivity index (χ3v) is 5.45. The first kappa shape index (κ1) is 19.6. The standard InChI is InChI=1S/C19H26FN3O4/c1-27-16-3-2-13(20)12-15(16)18(19(25)26)23-8-4-14(5-9-23)22-10-6-17(24)21-7-11-22/h2-3,12,14,18H,4-11H2,1H3,(H,21,24)(H,25,26). The Morgan fingerprint density at radius 1 is 1.30 bits per heavy atom. The minimum atomic E-state index is -1.01. The van der Waals surface area contributed by atoms with E-state index in [0.29, 0.717) is 43.4 Å². The number of benzene rings is 1. The minimum absolute atomic E-state index is 0.0825. The van der Waals surface area contributed by atoms with Crippen LogP contribution in [0.2, 0.25) is 0 Å². The molecule has 3 rings (SSSR count). The van der Waals surface area contributed by atoms with E-state index in [1.54, 1.807) is 0 Å². The molecule has 2 aliphatic heterocycles. The number of carboxylic acid groups (broad SMARTS) is 1. The summed E-state index contributed by atoms with van der Waals surface area (Å²) in [7, 11) is 1.45. The zero-order valence-electron chi connectivity index (χ0n) is 15.5. The van der Waals surface area contributed by atoms with Gasteiger partial charge in [-0.2, -0.15) is 0 Å². The van der Waals surface area contributed by atoms with Crippen molar-refractivity contribution in [2.24, 2.45) is 0 Å². The number of carboxylic acids is 1. The second kappa shape index (κ2) is 8.67. The van der Waals surface area contributed by atoms with E-state index in [9.17, 15) is 19.1 Å². The van der Waals surface area contributed by atoms with E-state index in [-0.39, 0.29) is 5.91 Å². The molecular weight excluding hydrogens is 353 g/mol. The number of rotatable bonds is 5. The average Bonchev–Trinajstić information content (AvgIpc) is 2.87. The van der Waals surface area contributed by atoms with Crippen LogP contribution in [0.4, 0.5) is 4.39 Å². The predicted molar refractivity (Wildman–Crippen MR) is 97.1 cm³/mol. The lowest BCUT2D eigenvalue weighted by atomic mass is 9.97. The van der Waals surface area contributed by atoms with Gasteiger partial charge in [-0.05, 0) is 31.0 Å². The molecule has 2 aliphatic rings. The van der Waals surface area contributed by atoms with Crippen molar-refractivity contribution in [2.45, 2.75) is 31.3 Å². The number of hydrogen-bond donors (Lipinski definition) is 2. The molecule has 0 aliphatic carbocycles. The largest absolute Gasteiger partial charge is 0.496 e. The maximum atomic E-state index is 13.7. The van der Waals surface area contributed by atoms with Gasteiger partial charge in [-0.3, -0.25) is 19.4 Å². The highest BCUT2D eigenvalue weighted by molar-refractivity contribution is 5.77. The van der Waals surface area contributed by atoms with Gasteiger partial charge in [-0.15, -0.1) is 0 Å². The highest BCUT2D eigenvalue weighted by Crippen LogP contribution is 2.33. The van der Waals surface area contributed by atoms with Gasteiger partial charge in [0.1, 0.15) is 17.6 Å². The van der Waals surface area contributed by atoms with Gasteiger partial charge in [0.25, 0.3) is 0 Å². The molecule has 1 amide bonds. The Morgan fingerprint density at radius 2 is 2.04 bits per heavy atom. The number of piperidine rings is 1. The molecule has 2 saturated heterocycles. The summed E-state index contributed by atoms with van der Waals surface area (Å²) in [5.74, 6) is -1.03. The van der Waals surface area contributed by atoms with Crippen LogP contribution in [0, 0.1) is 5.82 Å². The molecule has 1 aromatic carbocycles. The van der Waals surface area contributed by atoms with Gasteiger partial charge in [0.05, 0.1) is 7.11 Å². The number of nitrogens with zero attached hydrogens (tertiary/aromatic N) is 2. The van der Waals surface area contributed by atoms with E-state index < -0.39 is 17.8 Å². The Balaban J connectivity index is 1.70. The second-order valence-corrected chi connectivity index (χ2v) is 7.03. The zero-order chi connectivity index (χ0) is 19.4. The van der Waals surface area contributed by atoms with Crippen molar-refractivity contribution >= 4 is 11.9 Å². The Bertz CT molecular complexity index is 692. The minimum Gasteiger partial charge on any atom is -0.496 e. The molecule has 8 heteroatoms. The van der Waals surface area contributed by atoms with E-state index >= 15 is 0 Å². The summed E-state index contributed by atoms with van der Waals surface area (Å²) < 4.78 is 19.0. The van der Waals surface area contributed by atoms with Crippen LogP contribution in [0.15, 0.2) is 18.2 Å². The van der Waals surface area contributed by atoms with E-state index in [4.69, 9.17) is 4.74 Å². The molecule has 0 aromatic heterocycles. The number of nitrogens with one attached hydrogen (secondary N) is 1. The number of carbonyl (C=O) groups excluding carboxylic acids is 1. The molecule has 2 N–H and O–H groups in total. The molecule has 1 atom stereocenters. The van der Waals surface area contributed by atoms with Gasteiger partial charge in [0.15, 0.2) is 0 Å². The summed E-state index contributed by atoms with van der Waals surface area (Å²) in [6.45, 7) is 3.39. The van der Waals surface area contributed by atoms with Crippen molar-refractivity contribution in [3.63, 3.8) is 0 Å². The fraction of sp³-hybridized carbons (Fsp3) is 0.579. The number of halogens is 1. The Hall–Kier alpha value is -2.19. The van der Waals surface area contributed by atoms with Crippen LogP contribution in [0.25, 0.3) is 0 Å². The maximum Gasteiger partial charge on any atom is 0.325 e. The van der Waals surface area contributed by atoms with E-state index in [1.165, 1.54) is 25.3 Å². The van der Waals surface area contributed by atoms with E-state index in [0.717, 1.165) is 25.9 Å². The summed E-state index contributed by atoms with van der Waals surface area (Å²) in [4.78, 5) is 27.7. The van der Waals surface area contributed by atoms with Gasteiger partial charge in [-0.25, -0.2) is 4.39 Å². The first-order valence-electron chi connectivity index (χ1n) is 9.30. The number of likely N-dealkylation sites (tertiary alicyclic amines) is 1. The molecule has 0 bridgehead atoms. The zero-order valence-corrected chi connectivity index (χ0v) is 15.5. The lowest BCUT2D eigenvalue weighted by Gasteiger charge is -2.40. The van der Waals surface area contributed by atoms with Crippen LogP contribution in [-0.2, 0) is 9.59 Å². The Labute approximate surface area is 158 Å². The number of ether oxygens (including phenoxy) is 1. The molecule has 2 fully saturated rings. The lowest BCUT2D eigenvalue weighted by molar-refractivity contribution is -0.144. The van der Waals surface area contributed by atoms with Crippen molar-refractivity contribution in [3.05, 3.63) is 29.6 Å². The number of aliphatic carboxylic acids is 1. The molecule has 0 saturated carbocycles. The van der Waals surface area contributed by atoms with E-state index in [2.05, 4.69) is 10.2 Å². The quantitative estimate of drug-likeness (QED) is 0.801. The van der Waals surface area contributed by atoms with Crippen molar-refractivity contribution in [2.75, 3.05) is 39.8 Å². The third-order valence-electron chi connectivity index (χ3n) is 5.45. The smallest absolute Gasteiger partial charge is 0.325 e. The fourth-order valence-corrected chi connectivity index (χ4v) is 4.06. The van der Waals surface area contributed by atoms with Gasteiger partial charge in [0, 0.05) is 50.7 Å². The summed E-state index contributed by atoms with van der Waals surface area (Å²) in [5, 5.41) is 12.7. The van der Waals surface area contributed by atoms with Gasteiger partial charge in [0.2, 0.25) is 5.91 Å². The van der Waals surface area contributed by atoms with Crippen molar-refractivity contribution in [1.29, 1.82) is 0 Å². The van der Waals surface area contributed by atoms with Crippen molar-refractivity contribution in [1.82, 2.24) is 15.1 Å². The molecule has 0 radical (unpaired) electrons. The number of amides is 1. The molecule has 2 heterocycles. The summed E-state index contributed by atoms with van der Waals surface area (Å²) in [6, 6.07) is 3.37. The molecule has 1 unspecified atom stereocenters. The lowest BCUT2D eigenvalue weighted by Crippen LogP contribution is -2.48. The number of methoxy groups -OCH3 is 1. The average molecular weight is 379 g/mol. The molecule has 27 heavy (non-hydrogen) atoms.